The molecule has 1 saturated heterocycles. The van der Waals surface area contributed by atoms with Gasteiger partial charge in [0.05, 0.1) is 21.0 Å². The first-order valence-corrected chi connectivity index (χ1v) is 12.3. The van der Waals surface area contributed by atoms with E-state index in [2.05, 4.69) is 9.88 Å². The molecule has 2 N–H and O–H groups in total. The van der Waals surface area contributed by atoms with Crippen LogP contribution >= 0.6 is 11.3 Å². The van der Waals surface area contributed by atoms with Crippen molar-refractivity contribution in [3.05, 3.63) is 82.6 Å². The van der Waals surface area contributed by atoms with E-state index in [4.69, 9.17) is 10.7 Å². The summed E-state index contributed by atoms with van der Waals surface area (Å²) >= 11 is 1.57. The lowest BCUT2D eigenvalue weighted by molar-refractivity contribution is 0.0694. The molecule has 4 aromatic rings. The number of amides is 2. The molecule has 0 spiro atoms. The minimum atomic E-state index is -0.485. The quantitative estimate of drug-likeness (QED) is 0.463. The molecule has 7 heteroatoms. The summed E-state index contributed by atoms with van der Waals surface area (Å²) in [6, 6.07) is 19.8. The molecule has 3 heterocycles. The van der Waals surface area contributed by atoms with Crippen LogP contribution in [0.1, 0.15) is 44.4 Å². The SMILES string of the molecule is Cc1nc(C(=O)N2[C@H](Cc3ccc4cccc(C(N)=O)c4n3)C[C@@H]3C[C@@H]32)c(-c2ccccc2)s1. The van der Waals surface area contributed by atoms with Crippen molar-refractivity contribution in [2.45, 2.75) is 38.3 Å². The molecule has 2 aliphatic rings. The number of likely N-dealkylation sites (tertiary alicyclic amines) is 1. The van der Waals surface area contributed by atoms with E-state index in [1.54, 1.807) is 17.4 Å². The van der Waals surface area contributed by atoms with Crippen LogP contribution in [0.25, 0.3) is 21.3 Å². The molecule has 34 heavy (non-hydrogen) atoms. The normalized spacial score (nSPS) is 21.0. The number of benzene rings is 2. The molecule has 1 aliphatic carbocycles. The maximum atomic E-state index is 13.8. The fourth-order valence-corrected chi connectivity index (χ4v) is 6.19. The molecule has 2 aromatic carbocycles. The number of thiazole rings is 1. The van der Waals surface area contributed by atoms with E-state index >= 15 is 0 Å². The summed E-state index contributed by atoms with van der Waals surface area (Å²) in [5.41, 5.74) is 9.05. The van der Waals surface area contributed by atoms with E-state index in [1.165, 1.54) is 0 Å². The summed E-state index contributed by atoms with van der Waals surface area (Å²) in [5.74, 6) is 0.0776. The Morgan fingerprint density at radius 2 is 1.85 bits per heavy atom. The molecule has 2 aromatic heterocycles. The first kappa shape index (κ1) is 21.0. The van der Waals surface area contributed by atoms with Crippen molar-refractivity contribution in [2.24, 2.45) is 11.7 Å². The lowest BCUT2D eigenvalue weighted by Crippen LogP contribution is -2.40. The predicted octanol–water partition coefficient (Wildman–Crippen LogP) is 4.61. The number of primary amides is 1. The van der Waals surface area contributed by atoms with E-state index in [9.17, 15) is 9.59 Å². The van der Waals surface area contributed by atoms with E-state index in [-0.39, 0.29) is 18.0 Å². The van der Waals surface area contributed by atoms with Gasteiger partial charge < -0.3 is 10.6 Å². The van der Waals surface area contributed by atoms with Crippen molar-refractivity contribution < 1.29 is 9.59 Å². The lowest BCUT2D eigenvalue weighted by atomic mass is 10.0. The molecule has 6 nitrogen and oxygen atoms in total. The zero-order valence-electron chi connectivity index (χ0n) is 18.8. The van der Waals surface area contributed by atoms with Gasteiger partial charge in [-0.25, -0.2) is 4.98 Å². The molecule has 1 aliphatic heterocycles. The maximum Gasteiger partial charge on any atom is 0.274 e. The van der Waals surface area contributed by atoms with Gasteiger partial charge in [0.15, 0.2) is 0 Å². The average Bonchev–Trinajstić information content (AvgIpc) is 3.33. The highest BCUT2D eigenvalue weighted by atomic mass is 32.1. The molecule has 0 radical (unpaired) electrons. The number of aromatic nitrogens is 2. The van der Waals surface area contributed by atoms with Gasteiger partial charge in [-0.15, -0.1) is 11.3 Å². The second kappa shape index (κ2) is 8.02. The van der Waals surface area contributed by atoms with Gasteiger partial charge in [-0.2, -0.15) is 0 Å². The van der Waals surface area contributed by atoms with E-state index in [1.807, 2.05) is 61.5 Å². The highest BCUT2D eigenvalue weighted by Crippen LogP contribution is 2.49. The second-order valence-corrected chi connectivity index (χ2v) is 10.4. The fraction of sp³-hybridized carbons (Fsp3) is 0.259. The molecule has 0 unspecified atom stereocenters. The third-order valence-electron chi connectivity index (χ3n) is 6.91. The number of rotatable bonds is 5. The van der Waals surface area contributed by atoms with Crippen LogP contribution < -0.4 is 5.73 Å². The van der Waals surface area contributed by atoms with Crippen molar-refractivity contribution in [1.82, 2.24) is 14.9 Å². The van der Waals surface area contributed by atoms with Gasteiger partial charge >= 0.3 is 0 Å². The zero-order valence-corrected chi connectivity index (χ0v) is 19.6. The number of nitrogens with zero attached hydrogens (tertiary/aromatic N) is 3. The van der Waals surface area contributed by atoms with Gasteiger partial charge in [-0.1, -0.05) is 48.5 Å². The van der Waals surface area contributed by atoms with Crippen LogP contribution in [0.5, 0.6) is 0 Å². The first-order valence-electron chi connectivity index (χ1n) is 11.5. The number of piperidine rings is 1. The van der Waals surface area contributed by atoms with Crippen LogP contribution in [0, 0.1) is 12.8 Å². The van der Waals surface area contributed by atoms with Crippen molar-refractivity contribution >= 4 is 34.1 Å². The zero-order chi connectivity index (χ0) is 23.4. The topological polar surface area (TPSA) is 89.2 Å². The minimum Gasteiger partial charge on any atom is -0.366 e. The smallest absolute Gasteiger partial charge is 0.274 e. The Bertz CT molecular complexity index is 1430. The highest BCUT2D eigenvalue weighted by Gasteiger charge is 2.54. The number of nitrogens with two attached hydrogens (primary N) is 1. The summed E-state index contributed by atoms with van der Waals surface area (Å²) in [6.45, 7) is 1.95. The third kappa shape index (κ3) is 3.56. The molecule has 0 bridgehead atoms. The molecule has 3 atom stereocenters. The third-order valence-corrected chi connectivity index (χ3v) is 7.93. The number of para-hydroxylation sites is 1. The number of carbonyl (C=O) groups is 2. The molecule has 6 rings (SSSR count). The monoisotopic (exact) mass is 468 g/mol. The number of aryl methyl sites for hydroxylation is 1. The summed E-state index contributed by atoms with van der Waals surface area (Å²) in [5, 5.41) is 1.77. The Morgan fingerprint density at radius 1 is 1.03 bits per heavy atom. The van der Waals surface area contributed by atoms with E-state index in [0.717, 1.165) is 39.4 Å². The van der Waals surface area contributed by atoms with Gasteiger partial charge in [-0.3, -0.25) is 14.6 Å². The van der Waals surface area contributed by atoms with Crippen molar-refractivity contribution in [3.63, 3.8) is 0 Å². The van der Waals surface area contributed by atoms with Crippen LogP contribution in [0.4, 0.5) is 0 Å². The van der Waals surface area contributed by atoms with Crippen molar-refractivity contribution in [1.29, 1.82) is 0 Å². The molecular weight excluding hydrogens is 444 g/mol. The Kier molecular flexibility index (Phi) is 4.95. The first-order chi connectivity index (χ1) is 16.5. The Balaban J connectivity index is 1.32. The molecule has 170 valence electrons. The maximum absolute atomic E-state index is 13.8. The van der Waals surface area contributed by atoms with Gasteiger partial charge in [0.1, 0.15) is 5.69 Å². The standard InChI is InChI=1S/C27H24N4O2S/c1-15-29-24(25(34-15)17-6-3-2-4-7-17)27(33)31-20(12-18-13-22(18)31)14-19-11-10-16-8-5-9-21(26(28)32)23(16)30-19/h2-11,18,20,22H,12-14H2,1H3,(H2,28,32)/t18-,20+,22+/m1/s1. The summed E-state index contributed by atoms with van der Waals surface area (Å²) in [6.07, 6.45) is 2.67. The summed E-state index contributed by atoms with van der Waals surface area (Å²) in [4.78, 5) is 38.2. The minimum absolute atomic E-state index is 0.0109. The molecule has 2 amide bonds. The fourth-order valence-electron chi connectivity index (χ4n) is 5.28. The Hall–Kier alpha value is -3.58. The number of pyridine rings is 1. The molecule has 2 fully saturated rings. The largest absolute Gasteiger partial charge is 0.366 e. The van der Waals surface area contributed by atoms with E-state index in [0.29, 0.717) is 29.1 Å². The summed E-state index contributed by atoms with van der Waals surface area (Å²) in [7, 11) is 0. The van der Waals surface area contributed by atoms with Crippen LogP contribution in [-0.4, -0.2) is 38.8 Å². The highest BCUT2D eigenvalue weighted by molar-refractivity contribution is 7.15. The second-order valence-electron chi connectivity index (χ2n) is 9.19. The predicted molar refractivity (Wildman–Crippen MR) is 133 cm³/mol. The van der Waals surface area contributed by atoms with Gasteiger partial charge in [-0.05, 0) is 43.4 Å². The van der Waals surface area contributed by atoms with E-state index < -0.39 is 5.91 Å². The van der Waals surface area contributed by atoms with Crippen molar-refractivity contribution in [3.8, 4) is 10.4 Å². The summed E-state index contributed by atoms with van der Waals surface area (Å²) < 4.78 is 0. The van der Waals surface area contributed by atoms with Crippen LogP contribution in [0.2, 0.25) is 0 Å². The van der Waals surface area contributed by atoms with Crippen molar-refractivity contribution in [2.75, 3.05) is 0 Å². The number of fused-ring (bicyclic) bond motifs is 2. The number of carbonyl (C=O) groups excluding carboxylic acids is 2. The van der Waals surface area contributed by atoms with Crippen LogP contribution in [-0.2, 0) is 6.42 Å². The molecule has 1 saturated carbocycles. The van der Waals surface area contributed by atoms with Gasteiger partial charge in [0.25, 0.3) is 11.8 Å². The van der Waals surface area contributed by atoms with Gasteiger partial charge in [0, 0.05) is 29.6 Å². The van der Waals surface area contributed by atoms with Gasteiger partial charge in [0.2, 0.25) is 0 Å². The van der Waals surface area contributed by atoms with Crippen LogP contribution in [0.3, 0.4) is 0 Å². The number of hydrogen-bond donors (Lipinski definition) is 1. The average molecular weight is 469 g/mol. The van der Waals surface area contributed by atoms with Crippen LogP contribution in [0.15, 0.2) is 60.7 Å². The molecular formula is C27H24N4O2S. The number of hydrogen-bond acceptors (Lipinski definition) is 5. The Morgan fingerprint density at radius 3 is 2.65 bits per heavy atom. The lowest BCUT2D eigenvalue weighted by Gasteiger charge is -2.27. The Labute approximate surface area is 201 Å².